The molecule has 0 amide bonds. The Morgan fingerprint density at radius 2 is 1.39 bits per heavy atom. The van der Waals surface area contributed by atoms with Gasteiger partial charge in [-0.1, -0.05) is 0 Å². The molecule has 7 heteroatoms. The predicted octanol–water partition coefficient (Wildman–Crippen LogP) is 7.16. The molecule has 0 spiro atoms. The Balaban J connectivity index is 2.67. The van der Waals surface area contributed by atoms with Gasteiger partial charge in [-0.15, -0.1) is 0 Å². The molecule has 0 bridgehead atoms. The molecule has 2 rings (SSSR count). The number of hydrogen-bond acceptors (Lipinski definition) is 4. The van der Waals surface area contributed by atoms with Crippen LogP contribution in [-0.4, -0.2) is 38.0 Å². The van der Waals surface area contributed by atoms with Gasteiger partial charge in [0.1, 0.15) is 0 Å². The van der Waals surface area contributed by atoms with Crippen molar-refractivity contribution in [2.45, 2.75) is 70.4 Å². The van der Waals surface area contributed by atoms with E-state index in [0.29, 0.717) is 6.16 Å². The van der Waals surface area contributed by atoms with Crippen LogP contribution in [0.4, 0.5) is 0 Å². The van der Waals surface area contributed by atoms with E-state index in [1.165, 1.54) is 24.3 Å². The molecule has 1 N–H and O–H groups in total. The fraction of sp³-hybridized carbons (Fsp3) is 0.500. The van der Waals surface area contributed by atoms with E-state index in [0.717, 1.165) is 62.6 Å². The predicted molar refractivity (Wildman–Crippen MR) is 138 cm³/mol. The first-order chi connectivity index (χ1) is 15.7. The number of carbonyl (C=O) groups is 1. The number of aromatic carboxylic acids is 1. The molecule has 0 heterocycles. The van der Waals surface area contributed by atoms with Gasteiger partial charge < -0.3 is 0 Å². The van der Waals surface area contributed by atoms with E-state index in [-0.39, 0.29) is 10.5 Å². The summed E-state index contributed by atoms with van der Waals surface area (Å²) in [6.45, 7) is 3.11. The Labute approximate surface area is 199 Å². The maximum atomic E-state index is 13.7. The Morgan fingerprint density at radius 1 is 0.848 bits per heavy atom. The first-order valence-electron chi connectivity index (χ1n) is 12.0. The van der Waals surface area contributed by atoms with Gasteiger partial charge in [0.05, 0.1) is 0 Å². The molecular weight excluding hydrogens is 455 g/mol. The van der Waals surface area contributed by atoms with Crippen LogP contribution in [0.25, 0.3) is 0 Å². The molecule has 0 saturated carbocycles. The van der Waals surface area contributed by atoms with Gasteiger partial charge in [0.15, 0.2) is 0 Å². The molecule has 0 unspecified atom stereocenters. The van der Waals surface area contributed by atoms with E-state index in [4.69, 9.17) is 3.97 Å². The number of carboxylic acid groups (broad SMARTS) is 1. The van der Waals surface area contributed by atoms with E-state index < -0.39 is 22.9 Å². The minimum atomic E-state index is -4.15. The number of hydrogen-bond donors (Lipinski definition) is 1. The third kappa shape index (κ3) is 7.37. The summed E-state index contributed by atoms with van der Waals surface area (Å²) < 4.78 is 34.0. The zero-order chi connectivity index (χ0) is 24.4. The molecule has 0 aliphatic heterocycles. The fourth-order valence-corrected chi connectivity index (χ4v) is 14.3. The molecule has 0 aromatic heterocycles. The quantitative estimate of drug-likeness (QED) is 0.266. The molecule has 184 valence electrons. The number of unbranched alkanes of at least 4 members (excludes halogenated alkanes) is 3. The van der Waals surface area contributed by atoms with Crippen molar-refractivity contribution in [2.24, 2.45) is 0 Å². The Kier molecular flexibility index (Phi) is 10.1. The zero-order valence-corrected chi connectivity index (χ0v) is 21.9. The van der Waals surface area contributed by atoms with Crippen molar-refractivity contribution in [3.8, 4) is 0 Å². The summed E-state index contributed by atoms with van der Waals surface area (Å²) in [7, 11) is -4.15. The van der Waals surface area contributed by atoms with Crippen molar-refractivity contribution in [3.63, 3.8) is 0 Å². The van der Waals surface area contributed by atoms with Crippen LogP contribution in [0.2, 0.25) is 0 Å². The van der Waals surface area contributed by atoms with Gasteiger partial charge >= 0.3 is 200 Å². The fourth-order valence-electron chi connectivity index (χ4n) is 4.54. The molecule has 33 heavy (non-hydrogen) atoms. The maximum absolute atomic E-state index is 13.7. The van der Waals surface area contributed by atoms with Gasteiger partial charge in [-0.2, -0.15) is 0 Å². The Morgan fingerprint density at radius 3 is 1.88 bits per heavy atom. The van der Waals surface area contributed by atoms with Crippen LogP contribution in [0.15, 0.2) is 59.5 Å². The minimum absolute atomic E-state index is 0.0567. The Hall–Kier alpha value is -1.75. The van der Waals surface area contributed by atoms with Crippen molar-refractivity contribution in [3.05, 3.63) is 65.7 Å². The number of rotatable bonds is 15. The summed E-state index contributed by atoms with van der Waals surface area (Å²) >= 11 is 0. The topological polar surface area (TPSA) is 80.7 Å². The van der Waals surface area contributed by atoms with Crippen molar-refractivity contribution in [1.82, 2.24) is 0 Å². The van der Waals surface area contributed by atoms with E-state index >= 15 is 0 Å². The van der Waals surface area contributed by atoms with Crippen LogP contribution < -0.4 is 0 Å². The molecule has 0 fully saturated rings. The Bertz CT molecular complexity index is 980. The summed E-state index contributed by atoms with van der Waals surface area (Å²) in [6, 6.07) is 15.6. The molecule has 5 nitrogen and oxygen atoms in total. The van der Waals surface area contributed by atoms with Gasteiger partial charge in [-0.3, -0.25) is 0 Å². The van der Waals surface area contributed by atoms with Gasteiger partial charge in [0.2, 0.25) is 0 Å². The third-order valence-corrected chi connectivity index (χ3v) is 15.1. The van der Waals surface area contributed by atoms with Crippen LogP contribution in [-0.2, 0) is 20.3 Å². The average Bonchev–Trinajstić information content (AvgIpc) is 2.81. The first kappa shape index (κ1) is 27.5. The summed E-state index contributed by atoms with van der Waals surface area (Å²) in [5, 5.41) is 9.37. The molecular formula is C26H39O5PS. The van der Waals surface area contributed by atoms with E-state index in [1.54, 1.807) is 0 Å². The summed E-state index contributed by atoms with van der Waals surface area (Å²) in [6.07, 6.45) is 8.51. The number of carboxylic acids is 1. The van der Waals surface area contributed by atoms with Crippen LogP contribution >= 0.6 is 6.83 Å². The SMILES string of the molecule is CCCCP(CCCC)(CCCC)(Cc1ccccc1)OS(=O)(=O)c1cccc(C(=O)O)c1. The molecule has 2 aromatic carbocycles. The van der Waals surface area contributed by atoms with Crippen molar-refractivity contribution >= 4 is 22.9 Å². The molecule has 2 aromatic rings. The second-order valence-corrected chi connectivity index (χ2v) is 16.4. The van der Waals surface area contributed by atoms with Crippen molar-refractivity contribution < 1.29 is 22.3 Å². The summed E-state index contributed by atoms with van der Waals surface area (Å²) in [5.74, 6) is -1.16. The number of benzene rings is 2. The van der Waals surface area contributed by atoms with Crippen LogP contribution in [0.5, 0.6) is 0 Å². The standard InChI is InChI=1S/C26H39O5PS/c1-4-7-18-32(19-8-5-2,20-9-6-3,22-23-14-11-10-12-15-23)31-33(29,30)25-17-13-16-24(21-25)26(27)28/h10-17,21H,4-9,18-20,22H2,1-3H3,(H,27,28). The second kappa shape index (κ2) is 12.1. The van der Waals surface area contributed by atoms with Crippen LogP contribution in [0.3, 0.4) is 0 Å². The molecule has 0 saturated heterocycles. The molecule has 0 radical (unpaired) electrons. The van der Waals surface area contributed by atoms with E-state index in [1.807, 2.05) is 18.2 Å². The normalized spacial score (nSPS) is 13.4. The van der Waals surface area contributed by atoms with Crippen LogP contribution in [0.1, 0.15) is 75.2 Å². The third-order valence-electron chi connectivity index (χ3n) is 6.34. The van der Waals surface area contributed by atoms with Gasteiger partial charge in [-0.25, -0.2) is 0 Å². The van der Waals surface area contributed by atoms with Crippen molar-refractivity contribution in [2.75, 3.05) is 18.5 Å². The van der Waals surface area contributed by atoms with E-state index in [9.17, 15) is 18.3 Å². The van der Waals surface area contributed by atoms with Crippen molar-refractivity contribution in [1.29, 1.82) is 0 Å². The molecule has 0 aliphatic carbocycles. The van der Waals surface area contributed by atoms with Gasteiger partial charge in [0.25, 0.3) is 0 Å². The van der Waals surface area contributed by atoms with Crippen LogP contribution in [0, 0.1) is 0 Å². The second-order valence-electron chi connectivity index (χ2n) is 9.09. The zero-order valence-electron chi connectivity index (χ0n) is 20.2. The average molecular weight is 495 g/mol. The molecule has 0 aliphatic rings. The monoisotopic (exact) mass is 494 g/mol. The molecule has 0 atom stereocenters. The van der Waals surface area contributed by atoms with Gasteiger partial charge in [0, 0.05) is 0 Å². The summed E-state index contributed by atoms with van der Waals surface area (Å²) in [5.41, 5.74) is 1.05. The van der Waals surface area contributed by atoms with Gasteiger partial charge in [-0.05, 0) is 0 Å². The summed E-state index contributed by atoms with van der Waals surface area (Å²) in [4.78, 5) is 11.4. The first-order valence-corrected chi connectivity index (χ1v) is 16.3. The van der Waals surface area contributed by atoms with E-state index in [2.05, 4.69) is 32.9 Å².